The van der Waals surface area contributed by atoms with E-state index >= 15 is 0 Å². The van der Waals surface area contributed by atoms with Crippen LogP contribution < -0.4 is 0 Å². The predicted molar refractivity (Wildman–Crippen MR) is 114 cm³/mol. The van der Waals surface area contributed by atoms with Crippen LogP contribution in [0.1, 0.15) is 45.3 Å². The summed E-state index contributed by atoms with van der Waals surface area (Å²) >= 11 is 0. The number of esters is 1. The zero-order chi connectivity index (χ0) is 22.8. The molecule has 0 bridgehead atoms. The molecule has 1 amide bonds. The number of aromatic nitrogens is 1. The lowest BCUT2D eigenvalue weighted by molar-refractivity contribution is -0.165. The van der Waals surface area contributed by atoms with Crippen LogP contribution in [0.4, 0.5) is 4.39 Å². The van der Waals surface area contributed by atoms with E-state index in [4.69, 9.17) is 14.0 Å². The SMILES string of the molecule is CCOC(=O)C1(Cc2cc(-c3ccc(F)cc3)no2)CCCN(C(=O)C2(C)CCCO2)C1. The van der Waals surface area contributed by atoms with Crippen LogP contribution in [0.25, 0.3) is 11.3 Å². The molecule has 2 aliphatic heterocycles. The van der Waals surface area contributed by atoms with Gasteiger partial charge in [-0.3, -0.25) is 9.59 Å². The molecule has 32 heavy (non-hydrogen) atoms. The largest absolute Gasteiger partial charge is 0.466 e. The molecule has 4 rings (SSSR count). The first kappa shape index (κ1) is 22.5. The molecule has 0 radical (unpaired) electrons. The van der Waals surface area contributed by atoms with Crippen LogP contribution in [0.15, 0.2) is 34.9 Å². The Labute approximate surface area is 186 Å². The van der Waals surface area contributed by atoms with Crippen molar-refractivity contribution >= 4 is 11.9 Å². The molecule has 0 saturated carbocycles. The highest BCUT2D eigenvalue weighted by molar-refractivity contribution is 5.86. The van der Waals surface area contributed by atoms with Gasteiger partial charge in [0.25, 0.3) is 5.91 Å². The van der Waals surface area contributed by atoms with Gasteiger partial charge in [-0.2, -0.15) is 0 Å². The first-order valence-electron chi connectivity index (χ1n) is 11.2. The molecule has 7 nitrogen and oxygen atoms in total. The van der Waals surface area contributed by atoms with E-state index in [2.05, 4.69) is 5.16 Å². The van der Waals surface area contributed by atoms with Gasteiger partial charge in [0.15, 0.2) is 0 Å². The molecule has 1 aromatic heterocycles. The van der Waals surface area contributed by atoms with Crippen molar-refractivity contribution in [3.8, 4) is 11.3 Å². The smallest absolute Gasteiger partial charge is 0.314 e. The van der Waals surface area contributed by atoms with Crippen LogP contribution in [-0.2, 0) is 25.5 Å². The molecule has 2 aromatic rings. The molecule has 0 N–H and O–H groups in total. The molecule has 2 unspecified atom stereocenters. The first-order valence-corrected chi connectivity index (χ1v) is 11.2. The number of ether oxygens (including phenoxy) is 2. The second-order valence-electron chi connectivity index (χ2n) is 8.88. The normalized spacial score (nSPS) is 25.7. The molecule has 1 aromatic carbocycles. The van der Waals surface area contributed by atoms with Gasteiger partial charge < -0.3 is 18.9 Å². The van der Waals surface area contributed by atoms with Gasteiger partial charge >= 0.3 is 5.97 Å². The van der Waals surface area contributed by atoms with E-state index in [1.165, 1.54) is 12.1 Å². The summed E-state index contributed by atoms with van der Waals surface area (Å²) in [5.74, 6) is -0.219. The number of hydrogen-bond acceptors (Lipinski definition) is 6. The highest BCUT2D eigenvalue weighted by atomic mass is 19.1. The molecule has 2 saturated heterocycles. The molecule has 0 spiro atoms. The Morgan fingerprint density at radius 3 is 2.69 bits per heavy atom. The van der Waals surface area contributed by atoms with Crippen molar-refractivity contribution in [2.24, 2.45) is 5.41 Å². The van der Waals surface area contributed by atoms with Gasteiger partial charge in [0.05, 0.1) is 12.0 Å². The van der Waals surface area contributed by atoms with E-state index in [0.717, 1.165) is 12.0 Å². The number of benzene rings is 1. The Morgan fingerprint density at radius 2 is 2.00 bits per heavy atom. The monoisotopic (exact) mass is 444 g/mol. The average molecular weight is 445 g/mol. The average Bonchev–Trinajstić information content (AvgIpc) is 3.44. The lowest BCUT2D eigenvalue weighted by Crippen LogP contribution is -2.56. The number of likely N-dealkylation sites (tertiary alicyclic amines) is 1. The van der Waals surface area contributed by atoms with Crippen LogP contribution in [0.3, 0.4) is 0 Å². The Morgan fingerprint density at radius 1 is 1.22 bits per heavy atom. The second kappa shape index (κ2) is 9.02. The summed E-state index contributed by atoms with van der Waals surface area (Å²) in [5, 5.41) is 4.10. The van der Waals surface area contributed by atoms with E-state index in [1.54, 1.807) is 30.0 Å². The Kier molecular flexibility index (Phi) is 6.33. The van der Waals surface area contributed by atoms with E-state index in [-0.39, 0.29) is 37.3 Å². The van der Waals surface area contributed by atoms with E-state index in [0.29, 0.717) is 43.9 Å². The number of piperidine rings is 1. The van der Waals surface area contributed by atoms with Crippen molar-refractivity contribution in [2.75, 3.05) is 26.3 Å². The maximum absolute atomic E-state index is 13.2. The van der Waals surface area contributed by atoms with E-state index in [9.17, 15) is 14.0 Å². The lowest BCUT2D eigenvalue weighted by atomic mass is 9.75. The molecular weight excluding hydrogens is 415 g/mol. The number of nitrogens with zero attached hydrogens (tertiary/aromatic N) is 2. The van der Waals surface area contributed by atoms with Gasteiger partial charge in [0, 0.05) is 37.7 Å². The van der Waals surface area contributed by atoms with Crippen molar-refractivity contribution in [1.29, 1.82) is 0 Å². The molecule has 8 heteroatoms. The van der Waals surface area contributed by atoms with Crippen molar-refractivity contribution in [1.82, 2.24) is 10.1 Å². The minimum absolute atomic E-state index is 0.0760. The molecule has 0 aliphatic carbocycles. The molecule has 2 aliphatic rings. The second-order valence-corrected chi connectivity index (χ2v) is 8.88. The zero-order valence-electron chi connectivity index (χ0n) is 18.6. The molecular formula is C24H29FN2O5. The number of amides is 1. The minimum Gasteiger partial charge on any atom is -0.466 e. The van der Waals surface area contributed by atoms with Crippen LogP contribution in [0.5, 0.6) is 0 Å². The van der Waals surface area contributed by atoms with Crippen LogP contribution in [0.2, 0.25) is 0 Å². The van der Waals surface area contributed by atoms with Gasteiger partial charge in [-0.1, -0.05) is 5.16 Å². The molecule has 2 atom stereocenters. The summed E-state index contributed by atoms with van der Waals surface area (Å²) in [5.41, 5.74) is -0.467. The molecule has 2 fully saturated rings. The van der Waals surface area contributed by atoms with Gasteiger partial charge in [0.2, 0.25) is 0 Å². The van der Waals surface area contributed by atoms with Crippen molar-refractivity contribution in [3.63, 3.8) is 0 Å². The summed E-state index contributed by atoms with van der Waals surface area (Å²) in [4.78, 5) is 28.1. The highest BCUT2D eigenvalue weighted by Crippen LogP contribution is 2.38. The van der Waals surface area contributed by atoms with Crippen molar-refractivity contribution < 1.29 is 28.0 Å². The minimum atomic E-state index is -0.918. The van der Waals surface area contributed by atoms with Gasteiger partial charge in [-0.05, 0) is 63.8 Å². The van der Waals surface area contributed by atoms with Gasteiger partial charge in [-0.25, -0.2) is 4.39 Å². The predicted octanol–water partition coefficient (Wildman–Crippen LogP) is 3.76. The number of halogens is 1. The maximum Gasteiger partial charge on any atom is 0.314 e. The lowest BCUT2D eigenvalue weighted by Gasteiger charge is -2.42. The fraction of sp³-hybridized carbons (Fsp3) is 0.542. The molecule has 3 heterocycles. The van der Waals surface area contributed by atoms with E-state index in [1.807, 2.05) is 6.92 Å². The van der Waals surface area contributed by atoms with Crippen molar-refractivity contribution in [3.05, 3.63) is 41.9 Å². The van der Waals surface area contributed by atoms with Gasteiger partial charge in [0.1, 0.15) is 22.9 Å². The van der Waals surface area contributed by atoms with Crippen molar-refractivity contribution in [2.45, 2.75) is 51.6 Å². The third-order valence-electron chi connectivity index (χ3n) is 6.46. The quantitative estimate of drug-likeness (QED) is 0.631. The fourth-order valence-corrected chi connectivity index (χ4v) is 4.74. The third kappa shape index (κ3) is 4.41. The Hall–Kier alpha value is -2.74. The summed E-state index contributed by atoms with van der Waals surface area (Å²) in [7, 11) is 0. The van der Waals surface area contributed by atoms with Crippen LogP contribution in [-0.4, -0.2) is 53.8 Å². The maximum atomic E-state index is 13.2. The number of rotatable bonds is 6. The zero-order valence-corrected chi connectivity index (χ0v) is 18.6. The fourth-order valence-electron chi connectivity index (χ4n) is 4.74. The summed E-state index contributed by atoms with van der Waals surface area (Å²) in [6.45, 7) is 5.25. The molecule has 172 valence electrons. The summed E-state index contributed by atoms with van der Waals surface area (Å²) in [6.07, 6.45) is 3.06. The number of carbonyl (C=O) groups excluding carboxylic acids is 2. The Balaban J connectivity index is 1.57. The van der Waals surface area contributed by atoms with Gasteiger partial charge in [-0.15, -0.1) is 0 Å². The van der Waals surface area contributed by atoms with Crippen LogP contribution in [0, 0.1) is 11.2 Å². The standard InChI is InChI=1S/C24H29FN2O5/c1-3-30-22(29)24(11-4-12-27(16-24)21(28)23(2)10-5-13-31-23)15-19-14-20(26-32-19)17-6-8-18(25)9-7-17/h6-9,14H,3-5,10-13,15-16H2,1-2H3. The Bertz CT molecular complexity index is 967. The number of carbonyl (C=O) groups is 2. The highest BCUT2D eigenvalue weighted by Gasteiger charge is 2.49. The third-order valence-corrected chi connectivity index (χ3v) is 6.46. The summed E-state index contributed by atoms with van der Waals surface area (Å²) in [6, 6.07) is 7.74. The van der Waals surface area contributed by atoms with E-state index < -0.39 is 11.0 Å². The topological polar surface area (TPSA) is 81.9 Å². The number of hydrogen-bond donors (Lipinski definition) is 0. The van der Waals surface area contributed by atoms with Crippen LogP contribution >= 0.6 is 0 Å². The first-order chi connectivity index (χ1) is 15.3. The summed E-state index contributed by atoms with van der Waals surface area (Å²) < 4.78 is 30.0.